The number of carbonyl (C=O) groups is 2. The van der Waals surface area contributed by atoms with Crippen LogP contribution in [0.4, 0.5) is 5.69 Å². The van der Waals surface area contributed by atoms with Gasteiger partial charge in [-0.1, -0.05) is 60.0 Å². The van der Waals surface area contributed by atoms with Gasteiger partial charge < -0.3 is 10.6 Å². The number of aromatic nitrogens is 3. The summed E-state index contributed by atoms with van der Waals surface area (Å²) in [5.74, 6) is 0.945. The van der Waals surface area contributed by atoms with Gasteiger partial charge in [0, 0.05) is 23.4 Å². The molecule has 0 saturated carbocycles. The molecule has 0 spiro atoms. The average Bonchev–Trinajstić information content (AvgIpc) is 3.40. The molecule has 0 atom stereocenters. The van der Waals surface area contributed by atoms with Crippen LogP contribution in [-0.2, 0) is 21.8 Å². The molecular weight excluding hydrogens is 471 g/mol. The number of thioether (sulfide) groups is 2. The molecule has 0 aliphatic carbocycles. The Hall–Kier alpha value is -1.95. The topological polar surface area (TPSA) is 96.9 Å². The molecule has 2 heterocycles. The number of para-hydroxylation sites is 1. The Labute approximate surface area is 197 Å². The predicted molar refractivity (Wildman–Crippen MR) is 129 cm³/mol. The first-order chi connectivity index (χ1) is 15.0. The van der Waals surface area contributed by atoms with Crippen molar-refractivity contribution in [1.82, 2.24) is 20.5 Å². The van der Waals surface area contributed by atoms with Crippen LogP contribution in [0.2, 0.25) is 0 Å². The van der Waals surface area contributed by atoms with E-state index in [9.17, 15) is 9.59 Å². The summed E-state index contributed by atoms with van der Waals surface area (Å²) < 4.78 is 1.62. The maximum Gasteiger partial charge on any atom is 0.231 e. The number of thiazole rings is 1. The van der Waals surface area contributed by atoms with E-state index in [0.29, 0.717) is 18.1 Å². The van der Waals surface area contributed by atoms with Gasteiger partial charge in [0.15, 0.2) is 8.68 Å². The molecule has 0 aliphatic heterocycles. The second-order valence-corrected chi connectivity index (χ2v) is 10.9. The molecule has 7 nitrogen and oxygen atoms in total. The SMILES string of the molecule is CCCNC(=O)CSc1nnc(SCc2csc(CC(=O)Nc3ccccc3C)n2)s1. The number of carbonyl (C=O) groups excluding carboxylic acids is 2. The number of nitrogens with one attached hydrogen (secondary N) is 2. The zero-order valence-corrected chi connectivity index (χ0v) is 20.5. The van der Waals surface area contributed by atoms with Gasteiger partial charge in [0.1, 0.15) is 5.01 Å². The fourth-order valence-corrected chi connectivity index (χ4v) is 6.07. The highest BCUT2D eigenvalue weighted by atomic mass is 32.2. The second kappa shape index (κ2) is 12.2. The van der Waals surface area contributed by atoms with E-state index in [1.54, 1.807) is 11.8 Å². The first-order valence-corrected chi connectivity index (χ1v) is 13.3. The van der Waals surface area contributed by atoms with Crippen molar-refractivity contribution in [3.63, 3.8) is 0 Å². The molecule has 2 aromatic heterocycles. The molecule has 0 unspecified atom stereocenters. The van der Waals surface area contributed by atoms with Crippen molar-refractivity contribution in [2.75, 3.05) is 17.6 Å². The lowest BCUT2D eigenvalue weighted by Gasteiger charge is -2.06. The van der Waals surface area contributed by atoms with Crippen LogP contribution in [0.25, 0.3) is 0 Å². The third-order valence-electron chi connectivity index (χ3n) is 3.96. The van der Waals surface area contributed by atoms with Gasteiger partial charge in [-0.05, 0) is 25.0 Å². The van der Waals surface area contributed by atoms with E-state index in [1.165, 1.54) is 34.4 Å². The predicted octanol–water partition coefficient (Wildman–Crippen LogP) is 4.39. The normalized spacial score (nSPS) is 10.8. The molecule has 31 heavy (non-hydrogen) atoms. The van der Waals surface area contributed by atoms with E-state index in [-0.39, 0.29) is 18.2 Å². The molecule has 0 saturated heterocycles. The molecule has 2 amide bonds. The quantitative estimate of drug-likeness (QED) is 0.382. The summed E-state index contributed by atoms with van der Waals surface area (Å²) in [5, 5.41) is 16.8. The highest BCUT2D eigenvalue weighted by molar-refractivity contribution is 8.03. The van der Waals surface area contributed by atoms with Crippen molar-refractivity contribution in [3.8, 4) is 0 Å². The van der Waals surface area contributed by atoms with Gasteiger partial charge in [0.2, 0.25) is 11.8 Å². The fourth-order valence-electron chi connectivity index (χ4n) is 2.43. The summed E-state index contributed by atoms with van der Waals surface area (Å²) >= 11 is 5.91. The highest BCUT2D eigenvalue weighted by Gasteiger charge is 2.12. The zero-order chi connectivity index (χ0) is 22.1. The summed E-state index contributed by atoms with van der Waals surface area (Å²) in [4.78, 5) is 28.5. The van der Waals surface area contributed by atoms with Gasteiger partial charge >= 0.3 is 0 Å². The lowest BCUT2D eigenvalue weighted by molar-refractivity contribution is -0.118. The smallest absolute Gasteiger partial charge is 0.231 e. The van der Waals surface area contributed by atoms with E-state index >= 15 is 0 Å². The number of hydrogen-bond donors (Lipinski definition) is 2. The van der Waals surface area contributed by atoms with Gasteiger partial charge in [-0.15, -0.1) is 21.5 Å². The van der Waals surface area contributed by atoms with Crippen LogP contribution in [0.1, 0.15) is 29.6 Å². The number of benzene rings is 1. The Morgan fingerprint density at radius 2 is 1.87 bits per heavy atom. The van der Waals surface area contributed by atoms with Crippen molar-refractivity contribution < 1.29 is 9.59 Å². The third-order valence-corrected chi connectivity index (χ3v) is 8.08. The lowest BCUT2D eigenvalue weighted by atomic mass is 10.2. The van der Waals surface area contributed by atoms with Gasteiger partial charge in [-0.2, -0.15) is 0 Å². The van der Waals surface area contributed by atoms with Crippen LogP contribution in [-0.4, -0.2) is 39.3 Å². The summed E-state index contributed by atoms with van der Waals surface area (Å²) in [6.45, 7) is 4.68. The van der Waals surface area contributed by atoms with E-state index in [0.717, 1.165) is 37.1 Å². The molecule has 164 valence electrons. The van der Waals surface area contributed by atoms with Crippen LogP contribution >= 0.6 is 46.2 Å². The number of hydrogen-bond acceptors (Lipinski definition) is 9. The zero-order valence-electron chi connectivity index (χ0n) is 17.2. The molecule has 2 N–H and O–H groups in total. The molecule has 0 radical (unpaired) electrons. The first-order valence-electron chi connectivity index (χ1n) is 9.68. The van der Waals surface area contributed by atoms with Gasteiger partial charge in [0.05, 0.1) is 17.9 Å². The summed E-state index contributed by atoms with van der Waals surface area (Å²) in [6, 6.07) is 7.70. The summed E-state index contributed by atoms with van der Waals surface area (Å²) in [7, 11) is 0. The Morgan fingerprint density at radius 1 is 1.10 bits per heavy atom. The van der Waals surface area contributed by atoms with Crippen molar-refractivity contribution in [1.29, 1.82) is 0 Å². The van der Waals surface area contributed by atoms with Crippen LogP contribution < -0.4 is 10.6 Å². The minimum Gasteiger partial charge on any atom is -0.355 e. The maximum atomic E-state index is 12.3. The fraction of sp³-hybridized carbons (Fsp3) is 0.350. The Balaban J connectivity index is 1.43. The van der Waals surface area contributed by atoms with E-state index in [4.69, 9.17) is 0 Å². The first kappa shape index (κ1) is 23.7. The molecule has 11 heteroatoms. The van der Waals surface area contributed by atoms with E-state index in [2.05, 4.69) is 25.8 Å². The van der Waals surface area contributed by atoms with E-state index < -0.39 is 0 Å². The van der Waals surface area contributed by atoms with Crippen LogP contribution in [0.5, 0.6) is 0 Å². The molecule has 0 aliphatic rings. The van der Waals surface area contributed by atoms with Crippen LogP contribution in [0, 0.1) is 6.92 Å². The van der Waals surface area contributed by atoms with Crippen LogP contribution in [0.3, 0.4) is 0 Å². The van der Waals surface area contributed by atoms with Crippen molar-refractivity contribution in [2.24, 2.45) is 0 Å². The Kier molecular flexibility index (Phi) is 9.31. The number of rotatable bonds is 11. The number of aryl methyl sites for hydroxylation is 1. The number of nitrogens with zero attached hydrogens (tertiary/aromatic N) is 3. The van der Waals surface area contributed by atoms with Crippen LogP contribution in [0.15, 0.2) is 38.3 Å². The largest absolute Gasteiger partial charge is 0.355 e. The monoisotopic (exact) mass is 493 g/mol. The summed E-state index contributed by atoms with van der Waals surface area (Å²) in [5.41, 5.74) is 2.77. The average molecular weight is 494 g/mol. The lowest BCUT2D eigenvalue weighted by Crippen LogP contribution is -2.25. The molecule has 3 rings (SSSR count). The van der Waals surface area contributed by atoms with Gasteiger partial charge in [0.25, 0.3) is 0 Å². The molecular formula is C20H23N5O2S4. The van der Waals surface area contributed by atoms with E-state index in [1.807, 2.05) is 43.5 Å². The van der Waals surface area contributed by atoms with Crippen molar-refractivity contribution in [2.45, 2.75) is 41.1 Å². The highest BCUT2D eigenvalue weighted by Crippen LogP contribution is 2.31. The number of amides is 2. The maximum absolute atomic E-state index is 12.3. The Morgan fingerprint density at radius 3 is 2.65 bits per heavy atom. The molecule has 0 fully saturated rings. The molecule has 0 bridgehead atoms. The summed E-state index contributed by atoms with van der Waals surface area (Å²) in [6.07, 6.45) is 1.18. The molecule has 3 aromatic rings. The third kappa shape index (κ3) is 7.91. The minimum absolute atomic E-state index is 0.0118. The standard InChI is InChI=1S/C20H23N5O2S4/c1-3-8-21-17(27)12-30-20-25-24-19(31-20)29-11-14-10-28-18(22-14)9-16(26)23-15-7-5-4-6-13(15)2/h4-7,10H,3,8-9,11-12H2,1-2H3,(H,21,27)(H,23,26). The van der Waals surface area contributed by atoms with Gasteiger partial charge in [-0.3, -0.25) is 9.59 Å². The van der Waals surface area contributed by atoms with Gasteiger partial charge in [-0.25, -0.2) is 4.98 Å². The minimum atomic E-state index is -0.0726. The van der Waals surface area contributed by atoms with Crippen molar-refractivity contribution in [3.05, 3.63) is 45.9 Å². The molecule has 1 aromatic carbocycles. The number of anilines is 1. The Bertz CT molecular complexity index is 1020. The van der Waals surface area contributed by atoms with Crippen molar-refractivity contribution >= 4 is 63.7 Å². The second-order valence-electron chi connectivity index (χ2n) is 6.53.